The van der Waals surface area contributed by atoms with E-state index < -0.39 is 4.92 Å². The molecule has 3 rings (SSSR count). The lowest BCUT2D eigenvalue weighted by molar-refractivity contribution is -0.380. The van der Waals surface area contributed by atoms with E-state index in [-0.39, 0.29) is 10.9 Å². The zero-order chi connectivity index (χ0) is 18.7. The zero-order valence-electron chi connectivity index (χ0n) is 14.1. The highest BCUT2D eigenvalue weighted by Gasteiger charge is 2.10. The summed E-state index contributed by atoms with van der Waals surface area (Å²) in [5.41, 5.74) is 4.18. The largest absolute Gasteiger partial charge is 0.324 e. The molecule has 0 saturated heterocycles. The van der Waals surface area contributed by atoms with Crippen LogP contribution in [0.5, 0.6) is 0 Å². The minimum Gasteiger partial charge on any atom is -0.298 e. The van der Waals surface area contributed by atoms with Crippen molar-refractivity contribution < 1.29 is 9.72 Å². The number of anilines is 1. The molecular weight excluding hydrogens is 370 g/mol. The summed E-state index contributed by atoms with van der Waals surface area (Å²) in [7, 11) is 0. The van der Waals surface area contributed by atoms with Crippen molar-refractivity contribution in [3.63, 3.8) is 0 Å². The van der Waals surface area contributed by atoms with Crippen LogP contribution in [0.3, 0.4) is 0 Å². The summed E-state index contributed by atoms with van der Waals surface area (Å²) < 4.78 is 0. The Kier molecular flexibility index (Phi) is 5.24. The summed E-state index contributed by atoms with van der Waals surface area (Å²) in [5.74, 6) is -0.331. The molecule has 0 fully saturated rings. The van der Waals surface area contributed by atoms with Crippen LogP contribution in [0.4, 0.5) is 10.1 Å². The monoisotopic (exact) mass is 385 g/mol. The van der Waals surface area contributed by atoms with E-state index in [1.54, 1.807) is 12.1 Å². The Morgan fingerprint density at radius 2 is 2.08 bits per heavy atom. The molecule has 1 amide bonds. The van der Waals surface area contributed by atoms with Gasteiger partial charge in [0.15, 0.2) is 5.13 Å². The van der Waals surface area contributed by atoms with Crippen molar-refractivity contribution in [2.24, 2.45) is 0 Å². The Hall–Kier alpha value is -2.84. The molecule has 0 unspecified atom stereocenters. The Bertz CT molecular complexity index is 1000. The maximum Gasteiger partial charge on any atom is 0.324 e. The van der Waals surface area contributed by atoms with Crippen molar-refractivity contribution in [3.8, 4) is 11.3 Å². The second-order valence-electron chi connectivity index (χ2n) is 5.61. The van der Waals surface area contributed by atoms with Gasteiger partial charge in [0.1, 0.15) is 0 Å². The highest BCUT2D eigenvalue weighted by Crippen LogP contribution is 2.28. The summed E-state index contributed by atoms with van der Waals surface area (Å²) in [6.45, 7) is 4.07. The van der Waals surface area contributed by atoms with E-state index >= 15 is 0 Å². The number of benzene rings is 1. The van der Waals surface area contributed by atoms with Crippen LogP contribution in [0, 0.1) is 24.0 Å². The topological polar surface area (TPSA) is 85.1 Å². The molecule has 8 heteroatoms. The fourth-order valence-corrected chi connectivity index (χ4v) is 3.83. The standard InChI is InChI=1S/C18H15N3O3S2/c1-11-3-6-14(12(2)9-11)15-10-25-18(19-15)20-16(22)7-4-13-5-8-17(26-13)21(23)24/h3-10H,1-2H3,(H,19,20,22). The third kappa shape index (κ3) is 4.22. The number of thiazole rings is 1. The molecule has 0 aliphatic heterocycles. The molecule has 1 N–H and O–H groups in total. The molecule has 0 aliphatic rings. The summed E-state index contributed by atoms with van der Waals surface area (Å²) in [5, 5.41) is 15.8. The average Bonchev–Trinajstić information content (AvgIpc) is 3.22. The van der Waals surface area contributed by atoms with E-state index in [2.05, 4.69) is 16.4 Å². The first kappa shape index (κ1) is 18.0. The summed E-state index contributed by atoms with van der Waals surface area (Å²) in [6.07, 6.45) is 2.89. The van der Waals surface area contributed by atoms with Gasteiger partial charge < -0.3 is 0 Å². The summed E-state index contributed by atoms with van der Waals surface area (Å²) in [6, 6.07) is 9.17. The fraction of sp³-hybridized carbons (Fsp3) is 0.111. The normalized spacial score (nSPS) is 11.0. The molecule has 3 aromatic rings. The highest BCUT2D eigenvalue weighted by atomic mass is 32.1. The number of nitrogens with one attached hydrogen (secondary N) is 1. The number of amides is 1. The van der Waals surface area contributed by atoms with Gasteiger partial charge in [-0.05, 0) is 31.6 Å². The quantitative estimate of drug-likeness (QED) is 0.378. The van der Waals surface area contributed by atoms with Gasteiger partial charge in [0.2, 0.25) is 5.91 Å². The average molecular weight is 385 g/mol. The predicted octanol–water partition coefficient (Wildman–Crippen LogP) is 5.05. The van der Waals surface area contributed by atoms with E-state index in [0.717, 1.165) is 28.2 Å². The van der Waals surface area contributed by atoms with Gasteiger partial charge in [0.05, 0.1) is 10.6 Å². The van der Waals surface area contributed by atoms with Gasteiger partial charge in [-0.15, -0.1) is 11.3 Å². The van der Waals surface area contributed by atoms with Gasteiger partial charge in [-0.2, -0.15) is 0 Å². The number of aromatic nitrogens is 1. The molecule has 0 bridgehead atoms. The second kappa shape index (κ2) is 7.59. The molecule has 26 heavy (non-hydrogen) atoms. The molecule has 1 aromatic carbocycles. The van der Waals surface area contributed by atoms with Gasteiger partial charge in [-0.25, -0.2) is 4.98 Å². The van der Waals surface area contributed by atoms with Crippen molar-refractivity contribution in [2.45, 2.75) is 13.8 Å². The van der Waals surface area contributed by atoms with Crippen LogP contribution in [-0.2, 0) is 4.79 Å². The predicted molar refractivity (Wildman–Crippen MR) is 106 cm³/mol. The van der Waals surface area contributed by atoms with Gasteiger partial charge >= 0.3 is 5.00 Å². The number of carbonyl (C=O) groups is 1. The third-order valence-electron chi connectivity index (χ3n) is 3.58. The molecule has 0 spiro atoms. The Morgan fingerprint density at radius 1 is 1.27 bits per heavy atom. The lowest BCUT2D eigenvalue weighted by Crippen LogP contribution is -2.07. The number of nitro groups is 1. The highest BCUT2D eigenvalue weighted by molar-refractivity contribution is 7.16. The van der Waals surface area contributed by atoms with E-state index in [1.165, 1.54) is 29.0 Å². The van der Waals surface area contributed by atoms with Crippen molar-refractivity contribution in [2.75, 3.05) is 5.32 Å². The minimum absolute atomic E-state index is 0.0445. The van der Waals surface area contributed by atoms with Crippen LogP contribution in [0.15, 0.2) is 41.8 Å². The van der Waals surface area contributed by atoms with Crippen LogP contribution in [0.25, 0.3) is 17.3 Å². The molecule has 0 atom stereocenters. The maximum absolute atomic E-state index is 12.0. The molecule has 6 nitrogen and oxygen atoms in total. The first-order chi connectivity index (χ1) is 12.4. The second-order valence-corrected chi connectivity index (χ2v) is 7.56. The number of hydrogen-bond donors (Lipinski definition) is 1. The molecule has 0 radical (unpaired) electrons. The van der Waals surface area contributed by atoms with Crippen LogP contribution < -0.4 is 5.32 Å². The van der Waals surface area contributed by atoms with Gasteiger partial charge in [0, 0.05) is 28.0 Å². The lowest BCUT2D eigenvalue weighted by Gasteiger charge is -2.03. The SMILES string of the molecule is Cc1ccc(-c2csc(NC(=O)C=Cc3ccc([N+](=O)[O-])s3)n2)c(C)c1. The Balaban J connectivity index is 1.67. The molecule has 0 saturated carbocycles. The smallest absolute Gasteiger partial charge is 0.298 e. The van der Waals surface area contributed by atoms with E-state index in [0.29, 0.717) is 10.0 Å². The molecule has 2 heterocycles. The van der Waals surface area contributed by atoms with Gasteiger partial charge in [-0.1, -0.05) is 35.1 Å². The van der Waals surface area contributed by atoms with Crippen LogP contribution in [0.1, 0.15) is 16.0 Å². The number of thiophene rings is 1. The van der Waals surface area contributed by atoms with Crippen LogP contribution in [-0.4, -0.2) is 15.8 Å². The van der Waals surface area contributed by atoms with Crippen molar-refractivity contribution in [1.82, 2.24) is 4.98 Å². The first-order valence-corrected chi connectivity index (χ1v) is 9.38. The summed E-state index contributed by atoms with van der Waals surface area (Å²) in [4.78, 5) is 27.3. The van der Waals surface area contributed by atoms with Crippen molar-refractivity contribution in [3.05, 3.63) is 67.9 Å². The lowest BCUT2D eigenvalue weighted by atomic mass is 10.0. The van der Waals surface area contributed by atoms with Crippen molar-refractivity contribution in [1.29, 1.82) is 0 Å². The van der Waals surface area contributed by atoms with Gasteiger partial charge in [0.25, 0.3) is 0 Å². The molecule has 0 aliphatic carbocycles. The Labute approximate surface area is 158 Å². The van der Waals surface area contributed by atoms with Crippen molar-refractivity contribution >= 4 is 44.8 Å². The third-order valence-corrected chi connectivity index (χ3v) is 5.34. The Morgan fingerprint density at radius 3 is 2.77 bits per heavy atom. The first-order valence-electron chi connectivity index (χ1n) is 7.69. The van der Waals surface area contributed by atoms with E-state index in [1.807, 2.05) is 31.4 Å². The fourth-order valence-electron chi connectivity index (χ4n) is 2.39. The van der Waals surface area contributed by atoms with E-state index in [9.17, 15) is 14.9 Å². The molecule has 2 aromatic heterocycles. The summed E-state index contributed by atoms with van der Waals surface area (Å²) >= 11 is 2.37. The van der Waals surface area contributed by atoms with E-state index in [4.69, 9.17) is 0 Å². The number of aryl methyl sites for hydroxylation is 2. The minimum atomic E-state index is -0.452. The van der Waals surface area contributed by atoms with Crippen LogP contribution >= 0.6 is 22.7 Å². The number of nitrogens with zero attached hydrogens (tertiary/aromatic N) is 2. The number of rotatable bonds is 5. The molecular formula is C18H15N3O3S2. The van der Waals surface area contributed by atoms with Crippen LogP contribution in [0.2, 0.25) is 0 Å². The number of carbonyl (C=O) groups excluding carboxylic acids is 1. The molecule has 132 valence electrons. The maximum atomic E-state index is 12.0. The number of hydrogen-bond acceptors (Lipinski definition) is 6. The zero-order valence-corrected chi connectivity index (χ0v) is 15.7. The van der Waals surface area contributed by atoms with Gasteiger partial charge in [-0.3, -0.25) is 20.2 Å².